The van der Waals surface area contributed by atoms with E-state index in [-0.39, 0.29) is 30.4 Å². The molecule has 0 radical (unpaired) electrons. The predicted molar refractivity (Wildman–Crippen MR) is 67.2 cm³/mol. The first kappa shape index (κ1) is 15.4. The number of rotatable bonds is 8. The second-order valence-corrected chi connectivity index (χ2v) is 4.79. The van der Waals surface area contributed by atoms with Gasteiger partial charge in [0, 0.05) is 5.92 Å². The standard InChI is InChI=1S/C13H27NO2/c1-5-7-8-11(6-2)13(16)14-12(9-15)10(3)4/h10-12,15H,5-9H2,1-4H3,(H,14,16). The number of unbranched alkanes of at least 4 members (excludes halogenated alkanes) is 1. The van der Waals surface area contributed by atoms with E-state index in [4.69, 9.17) is 5.11 Å². The summed E-state index contributed by atoms with van der Waals surface area (Å²) in [5, 5.41) is 12.1. The van der Waals surface area contributed by atoms with E-state index in [9.17, 15) is 4.79 Å². The van der Waals surface area contributed by atoms with Crippen LogP contribution in [0.25, 0.3) is 0 Å². The minimum Gasteiger partial charge on any atom is -0.394 e. The first-order chi connectivity index (χ1) is 7.56. The molecule has 0 aromatic carbocycles. The van der Waals surface area contributed by atoms with Crippen molar-refractivity contribution in [2.45, 2.75) is 59.4 Å². The zero-order valence-electron chi connectivity index (χ0n) is 11.1. The minimum absolute atomic E-state index is 0.0214. The van der Waals surface area contributed by atoms with Crippen LogP contribution in [-0.2, 0) is 4.79 Å². The molecule has 0 saturated heterocycles. The summed E-state index contributed by atoms with van der Waals surface area (Å²) in [6.45, 7) is 8.22. The lowest BCUT2D eigenvalue weighted by atomic mass is 9.97. The molecule has 0 aliphatic heterocycles. The van der Waals surface area contributed by atoms with Crippen LogP contribution >= 0.6 is 0 Å². The number of nitrogens with one attached hydrogen (secondary N) is 1. The Morgan fingerprint density at radius 3 is 2.31 bits per heavy atom. The fourth-order valence-corrected chi connectivity index (χ4v) is 1.69. The molecule has 0 heterocycles. The van der Waals surface area contributed by atoms with Crippen molar-refractivity contribution in [1.29, 1.82) is 0 Å². The zero-order chi connectivity index (χ0) is 12.6. The van der Waals surface area contributed by atoms with Gasteiger partial charge in [-0.3, -0.25) is 4.79 Å². The Hall–Kier alpha value is -0.570. The lowest BCUT2D eigenvalue weighted by molar-refractivity contribution is -0.126. The van der Waals surface area contributed by atoms with Crippen LogP contribution in [-0.4, -0.2) is 23.7 Å². The van der Waals surface area contributed by atoms with Crippen LogP contribution < -0.4 is 5.32 Å². The maximum atomic E-state index is 11.9. The molecule has 0 aromatic rings. The third kappa shape index (κ3) is 5.50. The molecule has 3 nitrogen and oxygen atoms in total. The van der Waals surface area contributed by atoms with Crippen LogP contribution in [0.1, 0.15) is 53.4 Å². The summed E-state index contributed by atoms with van der Waals surface area (Å²) in [7, 11) is 0. The molecule has 2 N–H and O–H groups in total. The molecule has 0 spiro atoms. The van der Waals surface area contributed by atoms with Crippen molar-refractivity contribution >= 4 is 5.91 Å². The third-order valence-corrected chi connectivity index (χ3v) is 3.10. The Morgan fingerprint density at radius 2 is 1.94 bits per heavy atom. The zero-order valence-corrected chi connectivity index (χ0v) is 11.1. The number of hydrogen-bond acceptors (Lipinski definition) is 2. The van der Waals surface area contributed by atoms with E-state index in [2.05, 4.69) is 12.2 Å². The van der Waals surface area contributed by atoms with Gasteiger partial charge in [0.05, 0.1) is 12.6 Å². The van der Waals surface area contributed by atoms with Crippen molar-refractivity contribution in [1.82, 2.24) is 5.32 Å². The summed E-state index contributed by atoms with van der Waals surface area (Å²) in [5.41, 5.74) is 0. The third-order valence-electron chi connectivity index (χ3n) is 3.10. The molecule has 3 heteroatoms. The van der Waals surface area contributed by atoms with Crippen LogP contribution in [0.3, 0.4) is 0 Å². The molecular formula is C13H27NO2. The van der Waals surface area contributed by atoms with E-state index in [0.29, 0.717) is 0 Å². The van der Waals surface area contributed by atoms with Crippen LogP contribution in [0.4, 0.5) is 0 Å². The SMILES string of the molecule is CCCCC(CC)C(=O)NC(CO)C(C)C. The maximum Gasteiger partial charge on any atom is 0.223 e. The number of carbonyl (C=O) groups is 1. The Kier molecular flexibility index (Phi) is 8.26. The van der Waals surface area contributed by atoms with Crippen molar-refractivity contribution in [2.24, 2.45) is 11.8 Å². The minimum atomic E-state index is -0.108. The highest BCUT2D eigenvalue weighted by molar-refractivity contribution is 5.78. The Balaban J connectivity index is 4.17. The smallest absolute Gasteiger partial charge is 0.223 e. The monoisotopic (exact) mass is 229 g/mol. The van der Waals surface area contributed by atoms with E-state index in [1.54, 1.807) is 0 Å². The van der Waals surface area contributed by atoms with Gasteiger partial charge in [0.15, 0.2) is 0 Å². The van der Waals surface area contributed by atoms with Crippen LogP contribution in [0, 0.1) is 11.8 Å². The molecular weight excluding hydrogens is 202 g/mol. The van der Waals surface area contributed by atoms with E-state index in [1.165, 1.54) is 0 Å². The predicted octanol–water partition coefficient (Wildman–Crippen LogP) is 2.34. The molecule has 0 rings (SSSR count). The molecule has 1 amide bonds. The van der Waals surface area contributed by atoms with E-state index < -0.39 is 0 Å². The Bertz CT molecular complexity index is 192. The second kappa shape index (κ2) is 8.57. The number of aliphatic hydroxyl groups excluding tert-OH is 1. The van der Waals surface area contributed by atoms with Gasteiger partial charge in [-0.15, -0.1) is 0 Å². The highest BCUT2D eigenvalue weighted by Crippen LogP contribution is 2.13. The largest absolute Gasteiger partial charge is 0.394 e. The highest BCUT2D eigenvalue weighted by Gasteiger charge is 2.20. The van der Waals surface area contributed by atoms with E-state index >= 15 is 0 Å². The van der Waals surface area contributed by atoms with Gasteiger partial charge in [0.1, 0.15) is 0 Å². The lowest BCUT2D eigenvalue weighted by Crippen LogP contribution is -2.43. The maximum absolute atomic E-state index is 11.9. The van der Waals surface area contributed by atoms with Crippen molar-refractivity contribution < 1.29 is 9.90 Å². The molecule has 0 aromatic heterocycles. The fourth-order valence-electron chi connectivity index (χ4n) is 1.69. The van der Waals surface area contributed by atoms with Crippen molar-refractivity contribution in [3.63, 3.8) is 0 Å². The molecule has 0 bridgehead atoms. The molecule has 0 fully saturated rings. The van der Waals surface area contributed by atoms with Gasteiger partial charge in [0.25, 0.3) is 0 Å². The van der Waals surface area contributed by atoms with E-state index in [0.717, 1.165) is 25.7 Å². The van der Waals surface area contributed by atoms with Crippen molar-refractivity contribution in [3.8, 4) is 0 Å². The average Bonchev–Trinajstić information content (AvgIpc) is 2.26. The summed E-state index contributed by atoms with van der Waals surface area (Å²) in [4.78, 5) is 11.9. The highest BCUT2D eigenvalue weighted by atomic mass is 16.3. The summed E-state index contributed by atoms with van der Waals surface area (Å²) in [6, 6.07) is -0.108. The van der Waals surface area contributed by atoms with Gasteiger partial charge in [0.2, 0.25) is 5.91 Å². The van der Waals surface area contributed by atoms with Crippen molar-refractivity contribution in [2.75, 3.05) is 6.61 Å². The Morgan fingerprint density at radius 1 is 1.31 bits per heavy atom. The number of hydrogen-bond donors (Lipinski definition) is 2. The summed E-state index contributed by atoms with van der Waals surface area (Å²) in [5.74, 6) is 0.481. The Labute approximate surface area is 99.6 Å². The summed E-state index contributed by atoms with van der Waals surface area (Å²) in [6.07, 6.45) is 4.05. The molecule has 2 atom stereocenters. The quantitative estimate of drug-likeness (QED) is 0.671. The molecule has 2 unspecified atom stereocenters. The van der Waals surface area contributed by atoms with Gasteiger partial charge in [-0.05, 0) is 18.8 Å². The molecule has 0 saturated carbocycles. The average molecular weight is 229 g/mol. The van der Waals surface area contributed by atoms with Crippen LogP contribution in [0.15, 0.2) is 0 Å². The van der Waals surface area contributed by atoms with Gasteiger partial charge in [-0.1, -0.05) is 40.5 Å². The molecule has 0 aliphatic rings. The number of carbonyl (C=O) groups excluding carboxylic acids is 1. The molecule has 16 heavy (non-hydrogen) atoms. The van der Waals surface area contributed by atoms with Gasteiger partial charge in [-0.25, -0.2) is 0 Å². The van der Waals surface area contributed by atoms with Gasteiger partial charge >= 0.3 is 0 Å². The number of aliphatic hydroxyl groups is 1. The van der Waals surface area contributed by atoms with Crippen LogP contribution in [0.2, 0.25) is 0 Å². The first-order valence-electron chi connectivity index (χ1n) is 6.47. The lowest BCUT2D eigenvalue weighted by Gasteiger charge is -2.23. The van der Waals surface area contributed by atoms with Gasteiger partial charge < -0.3 is 10.4 Å². The van der Waals surface area contributed by atoms with Crippen LogP contribution in [0.5, 0.6) is 0 Å². The van der Waals surface area contributed by atoms with E-state index in [1.807, 2.05) is 20.8 Å². The number of amides is 1. The normalized spacial score (nSPS) is 14.9. The summed E-state index contributed by atoms with van der Waals surface area (Å²) >= 11 is 0. The topological polar surface area (TPSA) is 49.3 Å². The molecule has 0 aliphatic carbocycles. The second-order valence-electron chi connectivity index (χ2n) is 4.79. The van der Waals surface area contributed by atoms with Gasteiger partial charge in [-0.2, -0.15) is 0 Å². The van der Waals surface area contributed by atoms with Crippen molar-refractivity contribution in [3.05, 3.63) is 0 Å². The first-order valence-corrected chi connectivity index (χ1v) is 6.47. The molecule has 96 valence electrons. The fraction of sp³-hybridized carbons (Fsp3) is 0.923. The summed E-state index contributed by atoms with van der Waals surface area (Å²) < 4.78 is 0.